The van der Waals surface area contributed by atoms with Crippen molar-refractivity contribution < 1.29 is 9.59 Å². The number of thioether (sulfide) groups is 1. The molecule has 1 amide bonds. The monoisotopic (exact) mass is 423 g/mol. The SMILES string of the molecule is CCCC(=O)Nc1ccc(C(=O)C(C)Sc2nnnn2-c2cc(C)ccc2C)cc1. The second-order valence-corrected chi connectivity index (χ2v) is 8.47. The summed E-state index contributed by atoms with van der Waals surface area (Å²) in [4.78, 5) is 24.6. The Balaban J connectivity index is 1.72. The van der Waals surface area contributed by atoms with Crippen LogP contribution >= 0.6 is 11.8 Å². The third-order valence-corrected chi connectivity index (χ3v) is 5.65. The molecule has 30 heavy (non-hydrogen) atoms. The largest absolute Gasteiger partial charge is 0.326 e. The van der Waals surface area contributed by atoms with E-state index in [0.717, 1.165) is 23.2 Å². The van der Waals surface area contributed by atoms with Gasteiger partial charge in [0.05, 0.1) is 10.9 Å². The first kappa shape index (κ1) is 21.7. The van der Waals surface area contributed by atoms with Crippen molar-refractivity contribution in [3.05, 3.63) is 59.2 Å². The van der Waals surface area contributed by atoms with E-state index in [-0.39, 0.29) is 16.9 Å². The number of nitrogens with zero attached hydrogens (tertiary/aromatic N) is 4. The van der Waals surface area contributed by atoms with Gasteiger partial charge in [-0.25, -0.2) is 0 Å². The van der Waals surface area contributed by atoms with Crippen molar-refractivity contribution in [3.8, 4) is 5.69 Å². The van der Waals surface area contributed by atoms with Gasteiger partial charge in [0, 0.05) is 17.7 Å². The molecule has 1 N–H and O–H groups in total. The van der Waals surface area contributed by atoms with Crippen LogP contribution in [-0.2, 0) is 4.79 Å². The number of aromatic nitrogens is 4. The lowest BCUT2D eigenvalue weighted by atomic mass is 10.1. The average Bonchev–Trinajstić information content (AvgIpc) is 3.17. The molecular weight excluding hydrogens is 398 g/mol. The van der Waals surface area contributed by atoms with Crippen molar-refractivity contribution in [2.75, 3.05) is 5.32 Å². The number of anilines is 1. The Kier molecular flexibility index (Phi) is 6.99. The van der Waals surface area contributed by atoms with Gasteiger partial charge >= 0.3 is 0 Å². The molecule has 8 heteroatoms. The van der Waals surface area contributed by atoms with E-state index >= 15 is 0 Å². The van der Waals surface area contributed by atoms with E-state index in [1.54, 1.807) is 28.9 Å². The maximum absolute atomic E-state index is 12.9. The smallest absolute Gasteiger partial charge is 0.224 e. The van der Waals surface area contributed by atoms with Gasteiger partial charge in [-0.2, -0.15) is 4.68 Å². The first-order chi connectivity index (χ1) is 14.4. The van der Waals surface area contributed by atoms with Crippen molar-refractivity contribution in [1.29, 1.82) is 0 Å². The molecule has 0 radical (unpaired) electrons. The molecule has 0 aliphatic rings. The maximum atomic E-state index is 12.9. The Morgan fingerprint density at radius 2 is 1.87 bits per heavy atom. The molecule has 1 atom stereocenters. The third-order valence-electron chi connectivity index (χ3n) is 4.62. The van der Waals surface area contributed by atoms with E-state index in [2.05, 4.69) is 20.8 Å². The van der Waals surface area contributed by atoms with Crippen LogP contribution in [0.4, 0.5) is 5.69 Å². The first-order valence-electron chi connectivity index (χ1n) is 9.85. The summed E-state index contributed by atoms with van der Waals surface area (Å²) >= 11 is 1.32. The molecule has 0 saturated heterocycles. The molecule has 0 bridgehead atoms. The predicted octanol–water partition coefficient (Wildman–Crippen LogP) is 4.38. The van der Waals surface area contributed by atoms with Crippen LogP contribution in [0.2, 0.25) is 0 Å². The summed E-state index contributed by atoms with van der Waals surface area (Å²) in [5.41, 5.74) is 4.32. The van der Waals surface area contributed by atoms with E-state index in [1.807, 2.05) is 45.9 Å². The molecule has 1 aromatic heterocycles. The van der Waals surface area contributed by atoms with Gasteiger partial charge in [-0.15, -0.1) is 5.10 Å². The molecule has 1 heterocycles. The lowest BCUT2D eigenvalue weighted by Crippen LogP contribution is -2.15. The number of nitrogens with one attached hydrogen (secondary N) is 1. The summed E-state index contributed by atoms with van der Waals surface area (Å²) < 4.78 is 1.67. The highest BCUT2D eigenvalue weighted by Crippen LogP contribution is 2.27. The predicted molar refractivity (Wildman–Crippen MR) is 118 cm³/mol. The number of benzene rings is 2. The molecular formula is C22H25N5O2S. The number of hydrogen-bond donors (Lipinski definition) is 1. The Bertz CT molecular complexity index is 1050. The Morgan fingerprint density at radius 3 is 2.57 bits per heavy atom. The second kappa shape index (κ2) is 9.67. The van der Waals surface area contributed by atoms with Crippen molar-refractivity contribution in [2.24, 2.45) is 0 Å². The summed E-state index contributed by atoms with van der Waals surface area (Å²) in [6.45, 7) is 7.81. The van der Waals surface area contributed by atoms with Gasteiger partial charge in [0.2, 0.25) is 11.1 Å². The Hall–Kier alpha value is -3.00. The number of hydrogen-bond acceptors (Lipinski definition) is 6. The van der Waals surface area contributed by atoms with Gasteiger partial charge in [0.15, 0.2) is 5.78 Å². The Labute approximate surface area is 180 Å². The van der Waals surface area contributed by atoms with Gasteiger partial charge in [0.25, 0.3) is 0 Å². The van der Waals surface area contributed by atoms with Gasteiger partial charge in [-0.05, 0) is 79.1 Å². The lowest BCUT2D eigenvalue weighted by Gasteiger charge is -2.12. The summed E-state index contributed by atoms with van der Waals surface area (Å²) in [6.07, 6.45) is 1.27. The maximum Gasteiger partial charge on any atom is 0.224 e. The molecule has 2 aromatic carbocycles. The van der Waals surface area contributed by atoms with Crippen molar-refractivity contribution in [3.63, 3.8) is 0 Å². The number of carbonyl (C=O) groups excluding carboxylic acids is 2. The molecule has 0 fully saturated rings. The normalized spacial score (nSPS) is 11.9. The molecule has 156 valence electrons. The molecule has 0 aliphatic carbocycles. The highest BCUT2D eigenvalue weighted by Gasteiger charge is 2.21. The molecule has 0 spiro atoms. The van der Waals surface area contributed by atoms with E-state index in [4.69, 9.17) is 0 Å². The number of rotatable bonds is 8. The third kappa shape index (κ3) is 5.13. The quantitative estimate of drug-likeness (QED) is 0.427. The van der Waals surface area contributed by atoms with Gasteiger partial charge < -0.3 is 5.32 Å². The highest BCUT2D eigenvalue weighted by molar-refractivity contribution is 8.00. The fraction of sp³-hybridized carbons (Fsp3) is 0.318. The molecule has 3 rings (SSSR count). The van der Waals surface area contributed by atoms with Gasteiger partial charge in [-0.3, -0.25) is 9.59 Å². The van der Waals surface area contributed by atoms with Crippen LogP contribution in [-0.4, -0.2) is 37.1 Å². The van der Waals surface area contributed by atoms with Crippen molar-refractivity contribution in [1.82, 2.24) is 20.2 Å². The van der Waals surface area contributed by atoms with Gasteiger partial charge in [-0.1, -0.05) is 30.8 Å². The summed E-state index contributed by atoms with van der Waals surface area (Å²) in [5.74, 6) is -0.0549. The van der Waals surface area contributed by atoms with Crippen molar-refractivity contribution in [2.45, 2.75) is 50.9 Å². The van der Waals surface area contributed by atoms with E-state index in [1.165, 1.54) is 11.8 Å². The summed E-state index contributed by atoms with van der Waals surface area (Å²) in [5, 5.41) is 15.0. The van der Waals surface area contributed by atoms with Crippen LogP contribution in [0.5, 0.6) is 0 Å². The van der Waals surface area contributed by atoms with Gasteiger partial charge in [0.1, 0.15) is 0 Å². The number of Topliss-reactive ketones (excluding diaryl/α,β-unsaturated/α-hetero) is 1. The van der Waals surface area contributed by atoms with Crippen LogP contribution in [0.3, 0.4) is 0 Å². The molecule has 7 nitrogen and oxygen atoms in total. The first-order valence-corrected chi connectivity index (χ1v) is 10.7. The topological polar surface area (TPSA) is 89.8 Å². The van der Waals surface area contributed by atoms with E-state index in [0.29, 0.717) is 22.8 Å². The lowest BCUT2D eigenvalue weighted by molar-refractivity contribution is -0.116. The zero-order valence-electron chi connectivity index (χ0n) is 17.5. The van der Waals surface area contributed by atoms with Crippen LogP contribution in [0.15, 0.2) is 47.6 Å². The standard InChI is InChI=1S/C22H25N5O2S/c1-5-6-20(28)23-18-11-9-17(10-12-18)21(29)16(4)30-22-24-25-26-27(22)19-13-14(2)7-8-15(19)3/h7-13,16H,5-6H2,1-4H3,(H,23,28). The highest BCUT2D eigenvalue weighted by atomic mass is 32.2. The summed E-state index contributed by atoms with van der Waals surface area (Å²) in [7, 11) is 0. The Morgan fingerprint density at radius 1 is 1.13 bits per heavy atom. The van der Waals surface area contributed by atoms with Crippen LogP contribution in [0.1, 0.15) is 48.2 Å². The second-order valence-electron chi connectivity index (χ2n) is 7.16. The number of ketones is 1. The van der Waals surface area contributed by atoms with Crippen LogP contribution in [0.25, 0.3) is 5.69 Å². The number of aryl methyl sites for hydroxylation is 2. The number of tetrazole rings is 1. The molecule has 0 aliphatic heterocycles. The van der Waals surface area contributed by atoms with Crippen LogP contribution in [0, 0.1) is 13.8 Å². The number of amides is 1. The van der Waals surface area contributed by atoms with E-state index in [9.17, 15) is 9.59 Å². The minimum absolute atomic E-state index is 0.0260. The fourth-order valence-corrected chi connectivity index (χ4v) is 3.84. The van der Waals surface area contributed by atoms with Crippen LogP contribution < -0.4 is 5.32 Å². The number of carbonyl (C=O) groups is 2. The summed E-state index contributed by atoms with van der Waals surface area (Å²) in [6, 6.07) is 13.0. The van der Waals surface area contributed by atoms with E-state index < -0.39 is 0 Å². The zero-order chi connectivity index (χ0) is 21.7. The minimum Gasteiger partial charge on any atom is -0.326 e. The molecule has 1 unspecified atom stereocenters. The average molecular weight is 424 g/mol. The zero-order valence-corrected chi connectivity index (χ0v) is 18.4. The fourth-order valence-electron chi connectivity index (χ4n) is 2.97. The van der Waals surface area contributed by atoms with Crippen molar-refractivity contribution >= 4 is 29.1 Å². The minimum atomic E-state index is -0.375. The molecule has 3 aromatic rings. The molecule has 0 saturated carbocycles.